The minimum atomic E-state index is -0.148. The van der Waals surface area contributed by atoms with Crippen LogP contribution in [0.2, 0.25) is 0 Å². The number of ether oxygens (including phenoxy) is 1. The van der Waals surface area contributed by atoms with E-state index in [9.17, 15) is 4.79 Å². The lowest BCUT2D eigenvalue weighted by Crippen LogP contribution is -2.44. The smallest absolute Gasteiger partial charge is 0.254 e. The Morgan fingerprint density at radius 2 is 1.94 bits per heavy atom. The summed E-state index contributed by atoms with van der Waals surface area (Å²) in [4.78, 5) is 20.2. The molecule has 7 nitrogen and oxygen atoms in total. The van der Waals surface area contributed by atoms with Crippen molar-refractivity contribution in [3.05, 3.63) is 66.0 Å². The summed E-state index contributed by atoms with van der Waals surface area (Å²) in [6.45, 7) is 6.27. The summed E-state index contributed by atoms with van der Waals surface area (Å²) in [6, 6.07) is 17.1. The first-order valence-electron chi connectivity index (χ1n) is 10.3. The van der Waals surface area contributed by atoms with E-state index in [1.807, 2.05) is 58.1 Å². The van der Waals surface area contributed by atoms with E-state index in [2.05, 4.69) is 13.8 Å². The molecule has 0 saturated heterocycles. The quantitative estimate of drug-likeness (QED) is 0.632. The van der Waals surface area contributed by atoms with Crippen LogP contribution in [0.3, 0.4) is 0 Å². The Balaban J connectivity index is 0.00000272. The van der Waals surface area contributed by atoms with Crippen LogP contribution in [0.1, 0.15) is 36.1 Å². The second kappa shape index (κ2) is 9.94. The van der Waals surface area contributed by atoms with Crippen LogP contribution in [0.5, 0.6) is 5.75 Å². The van der Waals surface area contributed by atoms with Crippen molar-refractivity contribution in [3.8, 4) is 17.1 Å². The van der Waals surface area contributed by atoms with Crippen molar-refractivity contribution in [1.29, 1.82) is 0 Å². The van der Waals surface area contributed by atoms with Crippen molar-refractivity contribution in [3.63, 3.8) is 0 Å². The van der Waals surface area contributed by atoms with E-state index in [1.54, 1.807) is 6.07 Å². The molecule has 0 radical (unpaired) electrons. The molecule has 1 aliphatic rings. The Morgan fingerprint density at radius 3 is 2.65 bits per heavy atom. The van der Waals surface area contributed by atoms with Crippen molar-refractivity contribution in [2.75, 3.05) is 19.7 Å². The van der Waals surface area contributed by atoms with Crippen LogP contribution < -0.4 is 10.5 Å². The van der Waals surface area contributed by atoms with Gasteiger partial charge in [-0.2, -0.15) is 5.10 Å². The Bertz CT molecular complexity index is 1020. The van der Waals surface area contributed by atoms with Crippen LogP contribution >= 0.6 is 12.4 Å². The molecule has 0 aliphatic carbocycles. The molecule has 3 aromatic rings. The zero-order valence-electron chi connectivity index (χ0n) is 17.8. The molecule has 31 heavy (non-hydrogen) atoms. The van der Waals surface area contributed by atoms with E-state index in [4.69, 9.17) is 20.6 Å². The fraction of sp³-hybridized carbons (Fsp3) is 0.348. The summed E-state index contributed by atoms with van der Waals surface area (Å²) >= 11 is 0. The normalized spacial score (nSPS) is 15.4. The van der Waals surface area contributed by atoms with Crippen LogP contribution in [0.15, 0.2) is 54.6 Å². The van der Waals surface area contributed by atoms with Crippen LogP contribution in [0, 0.1) is 5.92 Å². The molecule has 0 spiro atoms. The highest BCUT2D eigenvalue weighted by Crippen LogP contribution is 2.33. The number of fused-ring (bicyclic) bond motifs is 1. The lowest BCUT2D eigenvalue weighted by molar-refractivity contribution is 0.0536. The number of carbonyl (C=O) groups is 1. The van der Waals surface area contributed by atoms with Crippen molar-refractivity contribution in [2.24, 2.45) is 11.7 Å². The minimum absolute atomic E-state index is 0. The number of nitrogens with zero attached hydrogens (tertiary/aromatic N) is 4. The molecule has 0 fully saturated rings. The average Bonchev–Trinajstić information content (AvgIpc) is 3.21. The minimum Gasteiger partial charge on any atom is -0.492 e. The van der Waals surface area contributed by atoms with Crippen molar-refractivity contribution in [1.82, 2.24) is 19.7 Å². The number of hydrogen-bond acceptors (Lipinski definition) is 5. The van der Waals surface area contributed by atoms with Gasteiger partial charge in [-0.15, -0.1) is 12.4 Å². The highest BCUT2D eigenvalue weighted by Gasteiger charge is 2.36. The van der Waals surface area contributed by atoms with E-state index >= 15 is 0 Å². The first-order valence-corrected chi connectivity index (χ1v) is 10.3. The van der Waals surface area contributed by atoms with Crippen LogP contribution in [0.25, 0.3) is 11.4 Å². The van der Waals surface area contributed by atoms with Gasteiger partial charge < -0.3 is 15.4 Å². The monoisotopic (exact) mass is 441 g/mol. The maximum absolute atomic E-state index is 13.4. The Kier molecular flexibility index (Phi) is 7.30. The van der Waals surface area contributed by atoms with Gasteiger partial charge in [-0.25, -0.2) is 9.67 Å². The molecule has 2 heterocycles. The SMILES string of the molecule is CC(C)[C@H]1c2nc(-c3ccccc3)nn2CCN1C(=O)c1cccc(OCCN)c1.Cl. The fourth-order valence-electron chi connectivity index (χ4n) is 3.88. The molecule has 8 heteroatoms. The van der Waals surface area contributed by atoms with Crippen molar-refractivity contribution < 1.29 is 9.53 Å². The summed E-state index contributed by atoms with van der Waals surface area (Å²) in [5, 5.41) is 4.70. The molecule has 1 aromatic heterocycles. The average molecular weight is 442 g/mol. The molecule has 0 saturated carbocycles. The highest BCUT2D eigenvalue weighted by atomic mass is 35.5. The molecule has 1 atom stereocenters. The van der Waals surface area contributed by atoms with Gasteiger partial charge in [-0.1, -0.05) is 50.2 Å². The number of amides is 1. The predicted octanol–water partition coefficient (Wildman–Crippen LogP) is 3.56. The second-order valence-corrected chi connectivity index (χ2v) is 7.74. The van der Waals surface area contributed by atoms with Crippen LogP contribution in [-0.4, -0.2) is 45.3 Å². The predicted molar refractivity (Wildman–Crippen MR) is 122 cm³/mol. The lowest BCUT2D eigenvalue weighted by atomic mass is 9.98. The van der Waals surface area contributed by atoms with Gasteiger partial charge in [0.15, 0.2) is 11.6 Å². The van der Waals surface area contributed by atoms with Gasteiger partial charge in [0.1, 0.15) is 12.4 Å². The number of aromatic nitrogens is 3. The molecular weight excluding hydrogens is 414 g/mol. The highest BCUT2D eigenvalue weighted by molar-refractivity contribution is 5.95. The molecule has 0 unspecified atom stereocenters. The first kappa shape index (κ1) is 22.8. The first-order chi connectivity index (χ1) is 14.6. The van der Waals surface area contributed by atoms with Crippen LogP contribution in [-0.2, 0) is 6.54 Å². The van der Waals surface area contributed by atoms with Gasteiger partial charge in [0.25, 0.3) is 5.91 Å². The van der Waals surface area contributed by atoms with Gasteiger partial charge in [0.2, 0.25) is 0 Å². The van der Waals surface area contributed by atoms with E-state index in [0.717, 1.165) is 11.4 Å². The van der Waals surface area contributed by atoms with Crippen molar-refractivity contribution in [2.45, 2.75) is 26.4 Å². The molecule has 164 valence electrons. The van der Waals surface area contributed by atoms with Gasteiger partial charge in [0.05, 0.1) is 12.6 Å². The fourth-order valence-corrected chi connectivity index (χ4v) is 3.88. The number of nitrogens with two attached hydrogens (primary N) is 1. The molecular formula is C23H28ClN5O2. The third kappa shape index (κ3) is 4.73. The van der Waals surface area contributed by atoms with E-state index in [-0.39, 0.29) is 30.3 Å². The van der Waals surface area contributed by atoms with Crippen LogP contribution in [0.4, 0.5) is 0 Å². The third-order valence-electron chi connectivity index (χ3n) is 5.25. The van der Waals surface area contributed by atoms with Gasteiger partial charge in [0, 0.05) is 24.2 Å². The molecule has 1 aliphatic heterocycles. The third-order valence-corrected chi connectivity index (χ3v) is 5.25. The number of halogens is 1. The van der Waals surface area contributed by atoms with Gasteiger partial charge >= 0.3 is 0 Å². The maximum atomic E-state index is 13.4. The Labute approximate surface area is 188 Å². The molecule has 4 rings (SSSR count). The molecule has 0 bridgehead atoms. The van der Waals surface area contributed by atoms with E-state index < -0.39 is 0 Å². The van der Waals surface area contributed by atoms with Crippen molar-refractivity contribution >= 4 is 18.3 Å². The number of carbonyl (C=O) groups excluding carboxylic acids is 1. The second-order valence-electron chi connectivity index (χ2n) is 7.74. The molecule has 2 N–H and O–H groups in total. The largest absolute Gasteiger partial charge is 0.492 e. The topological polar surface area (TPSA) is 86.3 Å². The zero-order chi connectivity index (χ0) is 21.1. The standard InChI is InChI=1S/C23H27N5O2.ClH/c1-16(2)20-22-25-21(17-7-4-3-5-8-17)26-28(22)13-12-27(20)23(29)18-9-6-10-19(15-18)30-14-11-24;/h3-10,15-16,20H,11-14,24H2,1-2H3;1H/t20-;/m0./s1. The Hall–Kier alpha value is -2.90. The Morgan fingerprint density at radius 1 is 1.16 bits per heavy atom. The summed E-state index contributed by atoms with van der Waals surface area (Å²) in [7, 11) is 0. The number of rotatable bonds is 6. The molecule has 1 amide bonds. The lowest BCUT2D eigenvalue weighted by Gasteiger charge is -2.37. The van der Waals surface area contributed by atoms with Gasteiger partial charge in [-0.3, -0.25) is 4.79 Å². The maximum Gasteiger partial charge on any atom is 0.254 e. The van der Waals surface area contributed by atoms with E-state index in [1.165, 1.54) is 0 Å². The van der Waals surface area contributed by atoms with E-state index in [0.29, 0.717) is 43.4 Å². The summed E-state index contributed by atoms with van der Waals surface area (Å²) in [6.07, 6.45) is 0. The summed E-state index contributed by atoms with van der Waals surface area (Å²) in [5.41, 5.74) is 7.10. The zero-order valence-corrected chi connectivity index (χ0v) is 18.6. The summed E-state index contributed by atoms with van der Waals surface area (Å²) < 4.78 is 7.54. The molecule has 2 aromatic carbocycles. The summed E-state index contributed by atoms with van der Waals surface area (Å²) in [5.74, 6) is 2.35. The number of benzene rings is 2. The van der Waals surface area contributed by atoms with Gasteiger partial charge in [-0.05, 0) is 24.1 Å². The number of hydrogen-bond donors (Lipinski definition) is 1.